The number of aliphatic hydroxyl groups excluding tert-OH is 1. The molecule has 1 aromatic rings. The standard InChI is InChI=1S/C14H21NO2/c16-11-5-10-15-9-4-6-13(15)12-17-14-7-2-1-3-8-14/h1-3,7-8,13,16H,4-6,9-12H2/t13-/m1/s1. The Labute approximate surface area is 103 Å². The largest absolute Gasteiger partial charge is 0.492 e. The van der Waals surface area contributed by atoms with E-state index in [0.29, 0.717) is 6.04 Å². The van der Waals surface area contributed by atoms with Crippen molar-refractivity contribution in [2.45, 2.75) is 25.3 Å². The smallest absolute Gasteiger partial charge is 0.119 e. The summed E-state index contributed by atoms with van der Waals surface area (Å²) in [5.74, 6) is 0.946. The molecule has 1 atom stereocenters. The maximum atomic E-state index is 8.86. The van der Waals surface area contributed by atoms with E-state index < -0.39 is 0 Å². The number of para-hydroxylation sites is 1. The predicted octanol–water partition coefficient (Wildman–Crippen LogP) is 1.91. The van der Waals surface area contributed by atoms with Gasteiger partial charge in [-0.15, -0.1) is 0 Å². The fraction of sp³-hybridized carbons (Fsp3) is 0.571. The van der Waals surface area contributed by atoms with Crippen molar-refractivity contribution in [3.05, 3.63) is 30.3 Å². The van der Waals surface area contributed by atoms with Gasteiger partial charge < -0.3 is 9.84 Å². The first kappa shape index (κ1) is 12.4. The van der Waals surface area contributed by atoms with Gasteiger partial charge in [0.2, 0.25) is 0 Å². The monoisotopic (exact) mass is 235 g/mol. The molecule has 0 aliphatic carbocycles. The molecule has 1 saturated heterocycles. The Morgan fingerprint density at radius 2 is 2.12 bits per heavy atom. The van der Waals surface area contributed by atoms with Gasteiger partial charge in [-0.2, -0.15) is 0 Å². The van der Waals surface area contributed by atoms with Crippen LogP contribution in [0.1, 0.15) is 19.3 Å². The van der Waals surface area contributed by atoms with Crippen molar-refractivity contribution in [2.75, 3.05) is 26.3 Å². The summed E-state index contributed by atoms with van der Waals surface area (Å²) in [6.07, 6.45) is 3.31. The lowest BCUT2D eigenvalue weighted by atomic mass is 10.2. The van der Waals surface area contributed by atoms with Crippen molar-refractivity contribution in [3.63, 3.8) is 0 Å². The third-order valence-electron chi connectivity index (χ3n) is 3.29. The van der Waals surface area contributed by atoms with Gasteiger partial charge in [-0.05, 0) is 37.9 Å². The predicted molar refractivity (Wildman–Crippen MR) is 68.2 cm³/mol. The lowest BCUT2D eigenvalue weighted by Crippen LogP contribution is -2.35. The molecule has 1 N–H and O–H groups in total. The highest BCUT2D eigenvalue weighted by atomic mass is 16.5. The van der Waals surface area contributed by atoms with Crippen LogP contribution in [0, 0.1) is 0 Å². The van der Waals surface area contributed by atoms with Crippen LogP contribution in [0.2, 0.25) is 0 Å². The molecule has 0 saturated carbocycles. The quantitative estimate of drug-likeness (QED) is 0.817. The van der Waals surface area contributed by atoms with E-state index in [1.165, 1.54) is 12.8 Å². The maximum Gasteiger partial charge on any atom is 0.119 e. The number of ether oxygens (including phenoxy) is 1. The minimum absolute atomic E-state index is 0.281. The van der Waals surface area contributed by atoms with Gasteiger partial charge in [-0.1, -0.05) is 18.2 Å². The van der Waals surface area contributed by atoms with Gasteiger partial charge in [-0.25, -0.2) is 0 Å². The van der Waals surface area contributed by atoms with Gasteiger partial charge >= 0.3 is 0 Å². The zero-order chi connectivity index (χ0) is 11.9. The van der Waals surface area contributed by atoms with E-state index in [2.05, 4.69) is 4.90 Å². The average molecular weight is 235 g/mol. The van der Waals surface area contributed by atoms with Gasteiger partial charge in [-0.3, -0.25) is 4.90 Å². The van der Waals surface area contributed by atoms with Gasteiger partial charge in [0.1, 0.15) is 12.4 Å². The SMILES string of the molecule is OCCCN1CCC[C@@H]1COc1ccccc1. The Morgan fingerprint density at radius 1 is 1.29 bits per heavy atom. The van der Waals surface area contributed by atoms with Crippen molar-refractivity contribution in [1.82, 2.24) is 4.90 Å². The molecule has 0 spiro atoms. The molecule has 0 aromatic heterocycles. The zero-order valence-electron chi connectivity index (χ0n) is 10.2. The van der Waals surface area contributed by atoms with Crippen molar-refractivity contribution < 1.29 is 9.84 Å². The summed E-state index contributed by atoms with van der Waals surface area (Å²) in [4.78, 5) is 2.43. The van der Waals surface area contributed by atoms with Crippen LogP contribution in [0.4, 0.5) is 0 Å². The lowest BCUT2D eigenvalue weighted by Gasteiger charge is -2.24. The van der Waals surface area contributed by atoms with E-state index in [0.717, 1.165) is 31.9 Å². The molecule has 0 radical (unpaired) electrons. The van der Waals surface area contributed by atoms with Crippen LogP contribution in [0.15, 0.2) is 30.3 Å². The number of hydrogen-bond acceptors (Lipinski definition) is 3. The fourth-order valence-electron chi connectivity index (χ4n) is 2.36. The first-order valence-electron chi connectivity index (χ1n) is 6.43. The number of aliphatic hydroxyl groups is 1. The molecule has 2 rings (SSSR count). The topological polar surface area (TPSA) is 32.7 Å². The molecule has 17 heavy (non-hydrogen) atoms. The van der Waals surface area contributed by atoms with Gasteiger partial charge in [0, 0.05) is 19.2 Å². The Bertz CT molecular complexity index is 315. The van der Waals surface area contributed by atoms with Crippen LogP contribution in [0.25, 0.3) is 0 Å². The fourth-order valence-corrected chi connectivity index (χ4v) is 2.36. The first-order valence-corrected chi connectivity index (χ1v) is 6.43. The zero-order valence-corrected chi connectivity index (χ0v) is 10.2. The number of rotatable bonds is 6. The van der Waals surface area contributed by atoms with Crippen LogP contribution in [0.5, 0.6) is 5.75 Å². The van der Waals surface area contributed by atoms with E-state index >= 15 is 0 Å². The van der Waals surface area contributed by atoms with Crippen molar-refractivity contribution in [1.29, 1.82) is 0 Å². The van der Waals surface area contributed by atoms with E-state index in [1.54, 1.807) is 0 Å². The minimum atomic E-state index is 0.281. The molecule has 3 nitrogen and oxygen atoms in total. The minimum Gasteiger partial charge on any atom is -0.492 e. The molecule has 1 aliphatic rings. The maximum absolute atomic E-state index is 8.86. The van der Waals surface area contributed by atoms with Crippen molar-refractivity contribution in [3.8, 4) is 5.75 Å². The lowest BCUT2D eigenvalue weighted by molar-refractivity contribution is 0.160. The molecular formula is C14H21NO2. The Balaban J connectivity index is 1.78. The number of benzene rings is 1. The van der Waals surface area contributed by atoms with Gasteiger partial charge in [0.25, 0.3) is 0 Å². The van der Waals surface area contributed by atoms with Crippen LogP contribution in [-0.4, -0.2) is 42.4 Å². The third-order valence-corrected chi connectivity index (χ3v) is 3.29. The average Bonchev–Trinajstić information content (AvgIpc) is 2.82. The van der Waals surface area contributed by atoms with E-state index in [-0.39, 0.29) is 6.61 Å². The normalized spacial score (nSPS) is 20.6. The highest BCUT2D eigenvalue weighted by Crippen LogP contribution is 2.19. The summed E-state index contributed by atoms with van der Waals surface area (Å²) < 4.78 is 5.80. The molecular weight excluding hydrogens is 214 g/mol. The Hall–Kier alpha value is -1.06. The summed E-state index contributed by atoms with van der Waals surface area (Å²) in [5.41, 5.74) is 0. The summed E-state index contributed by atoms with van der Waals surface area (Å²) in [5, 5.41) is 8.86. The molecule has 3 heteroatoms. The molecule has 0 amide bonds. The van der Waals surface area contributed by atoms with Crippen molar-refractivity contribution in [2.24, 2.45) is 0 Å². The number of likely N-dealkylation sites (tertiary alicyclic amines) is 1. The Kier molecular flexibility index (Phi) is 4.83. The second-order valence-electron chi connectivity index (χ2n) is 4.53. The second kappa shape index (κ2) is 6.62. The molecule has 1 heterocycles. The second-order valence-corrected chi connectivity index (χ2v) is 4.53. The van der Waals surface area contributed by atoms with Crippen molar-refractivity contribution >= 4 is 0 Å². The number of hydrogen-bond donors (Lipinski definition) is 1. The summed E-state index contributed by atoms with van der Waals surface area (Å²) in [6, 6.07) is 10.5. The summed E-state index contributed by atoms with van der Waals surface area (Å²) in [6.45, 7) is 3.17. The van der Waals surface area contributed by atoms with Crippen LogP contribution in [0.3, 0.4) is 0 Å². The van der Waals surface area contributed by atoms with Crippen LogP contribution in [-0.2, 0) is 0 Å². The van der Waals surface area contributed by atoms with E-state index in [4.69, 9.17) is 9.84 Å². The first-order chi connectivity index (χ1) is 8.40. The number of nitrogens with zero attached hydrogens (tertiary/aromatic N) is 1. The van der Waals surface area contributed by atoms with Gasteiger partial charge in [0.15, 0.2) is 0 Å². The molecule has 1 aromatic carbocycles. The molecule has 1 aliphatic heterocycles. The third kappa shape index (κ3) is 3.72. The van der Waals surface area contributed by atoms with Crippen LogP contribution < -0.4 is 4.74 Å². The highest BCUT2D eigenvalue weighted by Gasteiger charge is 2.24. The molecule has 0 unspecified atom stereocenters. The van der Waals surface area contributed by atoms with Gasteiger partial charge in [0.05, 0.1) is 0 Å². The van der Waals surface area contributed by atoms with E-state index in [1.807, 2.05) is 30.3 Å². The molecule has 1 fully saturated rings. The summed E-state index contributed by atoms with van der Waals surface area (Å²) >= 11 is 0. The highest BCUT2D eigenvalue weighted by molar-refractivity contribution is 5.20. The molecule has 0 bridgehead atoms. The van der Waals surface area contributed by atoms with E-state index in [9.17, 15) is 0 Å². The summed E-state index contributed by atoms with van der Waals surface area (Å²) in [7, 11) is 0. The van der Waals surface area contributed by atoms with Crippen LogP contribution >= 0.6 is 0 Å². The molecule has 94 valence electrons. The Morgan fingerprint density at radius 3 is 2.88 bits per heavy atom.